The van der Waals surface area contributed by atoms with Crippen molar-refractivity contribution < 1.29 is 14.3 Å². The van der Waals surface area contributed by atoms with Crippen LogP contribution in [-0.4, -0.2) is 43.3 Å². The number of nitrogens with two attached hydrogens (primary N) is 1. The van der Waals surface area contributed by atoms with E-state index in [4.69, 9.17) is 10.8 Å². The Morgan fingerprint density at radius 3 is 2.74 bits per heavy atom. The van der Waals surface area contributed by atoms with Crippen LogP contribution in [0.15, 0.2) is 18.2 Å². The number of hydrogen-bond acceptors (Lipinski definition) is 4. The summed E-state index contributed by atoms with van der Waals surface area (Å²) in [5, 5.41) is 11.9. The van der Waals surface area contributed by atoms with Gasteiger partial charge in [0, 0.05) is 26.2 Å². The highest BCUT2D eigenvalue weighted by Gasteiger charge is 2.17. The van der Waals surface area contributed by atoms with Crippen molar-refractivity contribution >= 4 is 11.7 Å². The van der Waals surface area contributed by atoms with Gasteiger partial charge in [-0.25, -0.2) is 4.39 Å². The number of carbonyl (C=O) groups is 1. The molecule has 19 heavy (non-hydrogen) atoms. The second kappa shape index (κ2) is 5.99. The fraction of sp³-hybridized carbons (Fsp3) is 0.462. The van der Waals surface area contributed by atoms with Gasteiger partial charge in [-0.3, -0.25) is 4.79 Å². The zero-order valence-corrected chi connectivity index (χ0v) is 10.6. The first-order chi connectivity index (χ1) is 9.08. The van der Waals surface area contributed by atoms with Crippen molar-refractivity contribution in [3.8, 4) is 0 Å². The van der Waals surface area contributed by atoms with Crippen molar-refractivity contribution in [3.05, 3.63) is 29.6 Å². The number of carboxylic acids is 1. The van der Waals surface area contributed by atoms with Crippen molar-refractivity contribution in [3.63, 3.8) is 0 Å². The van der Waals surface area contributed by atoms with Crippen LogP contribution in [-0.2, 0) is 11.2 Å². The highest BCUT2D eigenvalue weighted by atomic mass is 19.1. The number of halogens is 1. The first-order valence-corrected chi connectivity index (χ1v) is 6.30. The van der Waals surface area contributed by atoms with Crippen molar-refractivity contribution in [2.75, 3.05) is 31.1 Å². The topological polar surface area (TPSA) is 78.6 Å². The van der Waals surface area contributed by atoms with Gasteiger partial charge >= 0.3 is 5.97 Å². The van der Waals surface area contributed by atoms with E-state index >= 15 is 0 Å². The van der Waals surface area contributed by atoms with E-state index in [1.54, 1.807) is 12.1 Å². The predicted octanol–water partition coefficient (Wildman–Crippen LogP) is 0.190. The van der Waals surface area contributed by atoms with Gasteiger partial charge in [0.2, 0.25) is 0 Å². The average molecular weight is 267 g/mol. The third-order valence-electron chi connectivity index (χ3n) is 3.24. The van der Waals surface area contributed by atoms with Crippen LogP contribution in [0.2, 0.25) is 0 Å². The smallest absolute Gasteiger partial charge is 0.320 e. The van der Waals surface area contributed by atoms with Crippen LogP contribution >= 0.6 is 0 Å². The zero-order chi connectivity index (χ0) is 13.8. The summed E-state index contributed by atoms with van der Waals surface area (Å²) in [6.07, 6.45) is 0.133. The van der Waals surface area contributed by atoms with E-state index in [1.165, 1.54) is 6.07 Å². The molecule has 2 rings (SSSR count). The van der Waals surface area contributed by atoms with E-state index in [-0.39, 0.29) is 12.2 Å². The van der Waals surface area contributed by atoms with Crippen molar-refractivity contribution in [2.45, 2.75) is 12.5 Å². The maximum atomic E-state index is 14.0. The number of anilines is 1. The Bertz CT molecular complexity index is 461. The largest absolute Gasteiger partial charge is 0.480 e. The number of rotatable bonds is 4. The number of benzene rings is 1. The molecule has 1 aliphatic heterocycles. The molecule has 0 amide bonds. The quantitative estimate of drug-likeness (QED) is 0.726. The third-order valence-corrected chi connectivity index (χ3v) is 3.24. The molecule has 1 fully saturated rings. The second-order valence-corrected chi connectivity index (χ2v) is 4.67. The molecule has 1 saturated heterocycles. The lowest BCUT2D eigenvalue weighted by atomic mass is 10.1. The Morgan fingerprint density at radius 1 is 1.47 bits per heavy atom. The highest BCUT2D eigenvalue weighted by Crippen LogP contribution is 2.21. The van der Waals surface area contributed by atoms with Gasteiger partial charge in [-0.1, -0.05) is 6.07 Å². The fourth-order valence-corrected chi connectivity index (χ4v) is 2.18. The summed E-state index contributed by atoms with van der Waals surface area (Å²) in [6.45, 7) is 3.21. The highest BCUT2D eigenvalue weighted by molar-refractivity contribution is 5.73. The van der Waals surface area contributed by atoms with Crippen LogP contribution in [0.25, 0.3) is 0 Å². The minimum atomic E-state index is -1.08. The van der Waals surface area contributed by atoms with Gasteiger partial charge in [-0.15, -0.1) is 0 Å². The van der Waals surface area contributed by atoms with Gasteiger partial charge in [0.15, 0.2) is 0 Å². The van der Waals surface area contributed by atoms with Crippen molar-refractivity contribution in [2.24, 2.45) is 5.73 Å². The van der Waals surface area contributed by atoms with Gasteiger partial charge < -0.3 is 21.1 Å². The fourth-order valence-electron chi connectivity index (χ4n) is 2.18. The molecule has 1 aromatic carbocycles. The molecule has 1 aromatic rings. The Labute approximate surface area is 111 Å². The van der Waals surface area contributed by atoms with Crippen molar-refractivity contribution in [1.82, 2.24) is 5.32 Å². The first-order valence-electron chi connectivity index (χ1n) is 6.30. The molecule has 1 heterocycles. The summed E-state index contributed by atoms with van der Waals surface area (Å²) in [5.74, 6) is -1.40. The molecule has 5 nitrogen and oxygen atoms in total. The monoisotopic (exact) mass is 267 g/mol. The molecule has 0 radical (unpaired) electrons. The lowest BCUT2D eigenvalue weighted by Gasteiger charge is -2.29. The Kier molecular flexibility index (Phi) is 4.34. The number of carboxylic acid groups (broad SMARTS) is 1. The normalized spacial score (nSPS) is 17.3. The molecule has 1 aliphatic rings. The van der Waals surface area contributed by atoms with Gasteiger partial charge in [-0.05, 0) is 24.1 Å². The summed E-state index contributed by atoms with van der Waals surface area (Å²) in [4.78, 5) is 12.6. The molecule has 0 bridgehead atoms. The number of aliphatic carboxylic acids is 1. The van der Waals surface area contributed by atoms with Crippen molar-refractivity contribution in [1.29, 1.82) is 0 Å². The average Bonchev–Trinajstić information content (AvgIpc) is 2.39. The van der Waals surface area contributed by atoms with E-state index in [0.29, 0.717) is 11.3 Å². The first kappa shape index (κ1) is 13.8. The summed E-state index contributed by atoms with van der Waals surface area (Å²) in [7, 11) is 0. The van der Waals surface area contributed by atoms with E-state index in [0.717, 1.165) is 26.2 Å². The maximum Gasteiger partial charge on any atom is 0.320 e. The van der Waals surface area contributed by atoms with Gasteiger partial charge in [0.1, 0.15) is 11.9 Å². The minimum Gasteiger partial charge on any atom is -0.480 e. The lowest BCUT2D eigenvalue weighted by molar-refractivity contribution is -0.138. The molecule has 4 N–H and O–H groups in total. The van der Waals surface area contributed by atoms with Crippen LogP contribution in [0.5, 0.6) is 0 Å². The molecule has 0 aromatic heterocycles. The Balaban J connectivity index is 2.10. The van der Waals surface area contributed by atoms with E-state index in [1.807, 2.05) is 4.90 Å². The summed E-state index contributed by atoms with van der Waals surface area (Å²) in [5.41, 5.74) is 6.61. The lowest BCUT2D eigenvalue weighted by Crippen LogP contribution is -2.43. The third kappa shape index (κ3) is 3.42. The summed E-state index contributed by atoms with van der Waals surface area (Å²) in [6, 6.07) is 3.82. The van der Waals surface area contributed by atoms with Gasteiger partial charge in [-0.2, -0.15) is 0 Å². The molecule has 1 unspecified atom stereocenters. The van der Waals surface area contributed by atoms with Crippen LogP contribution < -0.4 is 16.0 Å². The van der Waals surface area contributed by atoms with E-state index in [9.17, 15) is 9.18 Å². The standard InChI is InChI=1S/C13H18FN3O2/c14-10-7-9(8-11(15)13(18)19)1-2-12(10)17-5-3-16-4-6-17/h1-2,7,11,16H,3-6,8,15H2,(H,18,19). The zero-order valence-electron chi connectivity index (χ0n) is 10.6. The summed E-state index contributed by atoms with van der Waals surface area (Å²) >= 11 is 0. The minimum absolute atomic E-state index is 0.133. The molecular formula is C13H18FN3O2. The van der Waals surface area contributed by atoms with Crippen LogP contribution in [0, 0.1) is 5.82 Å². The molecule has 1 atom stereocenters. The van der Waals surface area contributed by atoms with E-state index < -0.39 is 12.0 Å². The number of nitrogens with one attached hydrogen (secondary N) is 1. The Morgan fingerprint density at radius 2 is 2.16 bits per heavy atom. The van der Waals surface area contributed by atoms with Crippen LogP contribution in [0.1, 0.15) is 5.56 Å². The number of piperazine rings is 1. The predicted molar refractivity (Wildman–Crippen MR) is 70.8 cm³/mol. The molecular weight excluding hydrogens is 249 g/mol. The Hall–Kier alpha value is -1.66. The molecule has 6 heteroatoms. The molecule has 104 valence electrons. The second-order valence-electron chi connectivity index (χ2n) is 4.67. The summed E-state index contributed by atoms with van der Waals surface area (Å²) < 4.78 is 14.0. The number of nitrogens with zero attached hydrogens (tertiary/aromatic N) is 1. The SMILES string of the molecule is NC(Cc1ccc(N2CCNCC2)c(F)c1)C(=O)O. The van der Waals surface area contributed by atoms with Gasteiger partial charge in [0.05, 0.1) is 5.69 Å². The molecule has 0 saturated carbocycles. The number of hydrogen-bond donors (Lipinski definition) is 3. The van der Waals surface area contributed by atoms with Crippen LogP contribution in [0.3, 0.4) is 0 Å². The maximum absolute atomic E-state index is 14.0. The van der Waals surface area contributed by atoms with Crippen LogP contribution in [0.4, 0.5) is 10.1 Å². The molecule has 0 spiro atoms. The molecule has 0 aliphatic carbocycles. The van der Waals surface area contributed by atoms with Gasteiger partial charge in [0.25, 0.3) is 0 Å². The van der Waals surface area contributed by atoms with E-state index in [2.05, 4.69) is 5.32 Å².